The SMILES string of the molecule is CCN1CCCC(CNC(=O)NCC2(O)CCCc3ccccc32)C1. The Balaban J connectivity index is 1.48. The molecule has 1 heterocycles. The number of urea groups is 1. The first-order valence-electron chi connectivity index (χ1n) is 9.65. The number of rotatable bonds is 5. The summed E-state index contributed by atoms with van der Waals surface area (Å²) in [6.45, 7) is 6.47. The normalized spacial score (nSPS) is 26.7. The minimum atomic E-state index is -0.948. The van der Waals surface area contributed by atoms with E-state index in [4.69, 9.17) is 0 Å². The van der Waals surface area contributed by atoms with Crippen molar-refractivity contribution in [2.24, 2.45) is 5.92 Å². The highest BCUT2D eigenvalue weighted by atomic mass is 16.3. The number of hydrogen-bond acceptors (Lipinski definition) is 3. The molecule has 138 valence electrons. The van der Waals surface area contributed by atoms with E-state index in [1.165, 1.54) is 24.9 Å². The molecule has 1 aliphatic carbocycles. The Morgan fingerprint density at radius 2 is 2.16 bits per heavy atom. The van der Waals surface area contributed by atoms with E-state index in [1.54, 1.807) is 0 Å². The van der Waals surface area contributed by atoms with Crippen LogP contribution in [0.1, 0.15) is 43.7 Å². The molecule has 2 aliphatic rings. The molecule has 3 N–H and O–H groups in total. The number of benzene rings is 1. The van der Waals surface area contributed by atoms with Gasteiger partial charge in [-0.3, -0.25) is 0 Å². The fourth-order valence-corrected chi connectivity index (χ4v) is 4.21. The number of amides is 2. The van der Waals surface area contributed by atoms with Crippen LogP contribution in [-0.2, 0) is 12.0 Å². The Hall–Kier alpha value is -1.59. The van der Waals surface area contributed by atoms with Crippen molar-refractivity contribution in [1.82, 2.24) is 15.5 Å². The number of nitrogens with one attached hydrogen (secondary N) is 2. The molecule has 3 rings (SSSR count). The van der Waals surface area contributed by atoms with Crippen LogP contribution in [0.5, 0.6) is 0 Å². The van der Waals surface area contributed by atoms with Gasteiger partial charge in [0, 0.05) is 13.1 Å². The molecular formula is C20H31N3O2. The largest absolute Gasteiger partial charge is 0.383 e. The fraction of sp³-hybridized carbons (Fsp3) is 0.650. The molecule has 1 aromatic rings. The summed E-state index contributed by atoms with van der Waals surface area (Å²) in [5.41, 5.74) is 1.21. The van der Waals surface area contributed by atoms with Crippen LogP contribution in [-0.4, -0.2) is 48.8 Å². The Bertz CT molecular complexity index is 592. The number of fused-ring (bicyclic) bond motifs is 1. The number of carbonyl (C=O) groups is 1. The topological polar surface area (TPSA) is 64.6 Å². The summed E-state index contributed by atoms with van der Waals surface area (Å²) in [6, 6.07) is 7.84. The minimum Gasteiger partial charge on any atom is -0.383 e. The van der Waals surface area contributed by atoms with Gasteiger partial charge in [0.1, 0.15) is 5.60 Å². The summed E-state index contributed by atoms with van der Waals surface area (Å²) in [5.74, 6) is 0.526. The van der Waals surface area contributed by atoms with Crippen molar-refractivity contribution >= 4 is 6.03 Å². The lowest BCUT2D eigenvalue weighted by Crippen LogP contribution is -2.48. The zero-order chi connectivity index (χ0) is 17.7. The maximum Gasteiger partial charge on any atom is 0.314 e. The molecule has 5 heteroatoms. The molecule has 0 bridgehead atoms. The molecule has 1 aliphatic heterocycles. The van der Waals surface area contributed by atoms with E-state index in [1.807, 2.05) is 18.2 Å². The van der Waals surface area contributed by atoms with Crippen molar-refractivity contribution in [2.75, 3.05) is 32.7 Å². The minimum absolute atomic E-state index is 0.176. The maximum atomic E-state index is 12.2. The number of nitrogens with zero attached hydrogens (tertiary/aromatic N) is 1. The third-order valence-corrected chi connectivity index (χ3v) is 5.70. The zero-order valence-electron chi connectivity index (χ0n) is 15.3. The van der Waals surface area contributed by atoms with Crippen molar-refractivity contribution in [1.29, 1.82) is 0 Å². The van der Waals surface area contributed by atoms with E-state index in [0.29, 0.717) is 18.9 Å². The van der Waals surface area contributed by atoms with Gasteiger partial charge in [-0.2, -0.15) is 0 Å². The van der Waals surface area contributed by atoms with Gasteiger partial charge in [0.25, 0.3) is 0 Å². The van der Waals surface area contributed by atoms with Gasteiger partial charge >= 0.3 is 6.03 Å². The van der Waals surface area contributed by atoms with E-state index in [2.05, 4.69) is 28.5 Å². The van der Waals surface area contributed by atoms with Crippen molar-refractivity contribution in [2.45, 2.75) is 44.6 Å². The predicted molar refractivity (Wildman–Crippen MR) is 99.5 cm³/mol. The second-order valence-electron chi connectivity index (χ2n) is 7.51. The van der Waals surface area contributed by atoms with Gasteiger partial charge in [0.2, 0.25) is 0 Å². The molecule has 2 unspecified atom stereocenters. The monoisotopic (exact) mass is 345 g/mol. The van der Waals surface area contributed by atoms with Crippen LogP contribution >= 0.6 is 0 Å². The number of carbonyl (C=O) groups excluding carboxylic acids is 1. The first kappa shape index (κ1) is 18.2. The second kappa shape index (κ2) is 8.19. The standard InChI is InChI=1S/C20H31N3O2/c1-2-23-12-6-7-16(14-23)13-21-19(24)22-15-20(25)11-5-9-17-8-3-4-10-18(17)20/h3-4,8,10,16,25H,2,5-7,9,11-15H2,1H3,(H2,21,22,24). The highest BCUT2D eigenvalue weighted by Gasteiger charge is 2.34. The summed E-state index contributed by atoms with van der Waals surface area (Å²) in [5, 5.41) is 16.9. The second-order valence-corrected chi connectivity index (χ2v) is 7.51. The molecule has 0 spiro atoms. The van der Waals surface area contributed by atoms with Gasteiger partial charge in [-0.25, -0.2) is 4.79 Å². The Labute approximate surface area is 150 Å². The van der Waals surface area contributed by atoms with Crippen LogP contribution in [0.3, 0.4) is 0 Å². The molecule has 1 saturated heterocycles. The van der Waals surface area contributed by atoms with E-state index in [9.17, 15) is 9.90 Å². The van der Waals surface area contributed by atoms with E-state index in [0.717, 1.165) is 31.5 Å². The van der Waals surface area contributed by atoms with Gasteiger partial charge in [-0.05, 0) is 62.2 Å². The van der Waals surface area contributed by atoms with Crippen molar-refractivity contribution < 1.29 is 9.90 Å². The van der Waals surface area contributed by atoms with E-state index < -0.39 is 5.60 Å². The lowest BCUT2D eigenvalue weighted by molar-refractivity contribution is 0.0216. The van der Waals surface area contributed by atoms with Gasteiger partial charge < -0.3 is 20.6 Å². The van der Waals surface area contributed by atoms with Gasteiger partial charge in [0.15, 0.2) is 0 Å². The van der Waals surface area contributed by atoms with Gasteiger partial charge in [-0.1, -0.05) is 31.2 Å². The molecule has 0 aromatic heterocycles. The average molecular weight is 345 g/mol. The van der Waals surface area contributed by atoms with Crippen LogP contribution < -0.4 is 10.6 Å². The number of aliphatic hydroxyl groups is 1. The molecule has 0 saturated carbocycles. The van der Waals surface area contributed by atoms with E-state index in [-0.39, 0.29) is 12.6 Å². The Kier molecular flexibility index (Phi) is 5.97. The van der Waals surface area contributed by atoms with Crippen molar-refractivity contribution in [3.63, 3.8) is 0 Å². The Morgan fingerprint density at radius 3 is 3.00 bits per heavy atom. The first-order chi connectivity index (χ1) is 12.1. The molecule has 2 amide bonds. The summed E-state index contributed by atoms with van der Waals surface area (Å²) in [4.78, 5) is 14.6. The van der Waals surface area contributed by atoms with E-state index >= 15 is 0 Å². The highest BCUT2D eigenvalue weighted by molar-refractivity contribution is 5.74. The van der Waals surface area contributed by atoms with Crippen LogP contribution in [0.25, 0.3) is 0 Å². The molecule has 2 atom stereocenters. The summed E-state index contributed by atoms with van der Waals surface area (Å²) >= 11 is 0. The van der Waals surface area contributed by atoms with Crippen LogP contribution in [0, 0.1) is 5.92 Å². The molecule has 1 fully saturated rings. The number of piperidine rings is 1. The lowest BCUT2D eigenvalue weighted by Gasteiger charge is -2.35. The first-order valence-corrected chi connectivity index (χ1v) is 9.65. The number of hydrogen-bond donors (Lipinski definition) is 3. The fourth-order valence-electron chi connectivity index (χ4n) is 4.21. The van der Waals surface area contributed by atoms with Crippen molar-refractivity contribution in [3.05, 3.63) is 35.4 Å². The zero-order valence-corrected chi connectivity index (χ0v) is 15.3. The molecule has 1 aromatic carbocycles. The third kappa shape index (κ3) is 4.53. The van der Waals surface area contributed by atoms with Crippen LogP contribution in [0.2, 0.25) is 0 Å². The van der Waals surface area contributed by atoms with Gasteiger partial charge in [-0.15, -0.1) is 0 Å². The van der Waals surface area contributed by atoms with Gasteiger partial charge in [0.05, 0.1) is 6.54 Å². The summed E-state index contributed by atoms with van der Waals surface area (Å²) in [7, 11) is 0. The molecule has 0 radical (unpaired) electrons. The quantitative estimate of drug-likeness (QED) is 0.767. The lowest BCUT2D eigenvalue weighted by atomic mass is 9.79. The van der Waals surface area contributed by atoms with Crippen LogP contribution in [0.4, 0.5) is 4.79 Å². The average Bonchev–Trinajstić information content (AvgIpc) is 2.65. The maximum absolute atomic E-state index is 12.2. The molecule has 25 heavy (non-hydrogen) atoms. The molecule has 5 nitrogen and oxygen atoms in total. The predicted octanol–water partition coefficient (Wildman–Crippen LogP) is 2.24. The number of aryl methyl sites for hydroxylation is 1. The number of likely N-dealkylation sites (tertiary alicyclic amines) is 1. The third-order valence-electron chi connectivity index (χ3n) is 5.70. The molecular weight excluding hydrogens is 314 g/mol. The summed E-state index contributed by atoms with van der Waals surface area (Å²) < 4.78 is 0. The Morgan fingerprint density at radius 1 is 1.32 bits per heavy atom. The summed E-state index contributed by atoms with van der Waals surface area (Å²) in [6.07, 6.45) is 5.02. The van der Waals surface area contributed by atoms with Crippen LogP contribution in [0.15, 0.2) is 24.3 Å². The van der Waals surface area contributed by atoms with Crippen molar-refractivity contribution in [3.8, 4) is 0 Å². The highest BCUT2D eigenvalue weighted by Crippen LogP contribution is 2.34. The smallest absolute Gasteiger partial charge is 0.314 e.